The zero-order valence-corrected chi connectivity index (χ0v) is 19.2. The lowest BCUT2D eigenvalue weighted by Gasteiger charge is -2.16. The highest BCUT2D eigenvalue weighted by atomic mass is 35.5. The molecule has 0 bridgehead atoms. The molecule has 33 heavy (non-hydrogen) atoms. The molecule has 0 atom stereocenters. The Morgan fingerprint density at radius 2 is 1.58 bits per heavy atom. The van der Waals surface area contributed by atoms with Gasteiger partial charge in [-0.05, 0) is 73.5 Å². The van der Waals surface area contributed by atoms with E-state index in [1.165, 1.54) is 0 Å². The van der Waals surface area contributed by atoms with Crippen molar-refractivity contribution in [2.45, 2.75) is 13.8 Å². The third-order valence-corrected chi connectivity index (χ3v) is 5.87. The number of anilines is 2. The van der Waals surface area contributed by atoms with Crippen LogP contribution in [0.15, 0.2) is 77.5 Å². The van der Waals surface area contributed by atoms with Crippen LogP contribution in [-0.4, -0.2) is 17.8 Å². The van der Waals surface area contributed by atoms with E-state index < -0.39 is 17.8 Å². The van der Waals surface area contributed by atoms with Gasteiger partial charge >= 0.3 is 5.97 Å². The number of rotatable bonds is 5. The first kappa shape index (κ1) is 22.6. The fourth-order valence-corrected chi connectivity index (χ4v) is 3.67. The Morgan fingerprint density at radius 1 is 0.879 bits per heavy atom. The van der Waals surface area contributed by atoms with Gasteiger partial charge in [-0.2, -0.15) is 0 Å². The van der Waals surface area contributed by atoms with Crippen molar-refractivity contribution in [2.24, 2.45) is 0 Å². The van der Waals surface area contributed by atoms with Crippen LogP contribution < -0.4 is 15.0 Å². The molecule has 1 aliphatic heterocycles. The molecule has 0 aliphatic carbocycles. The second-order valence-electron chi connectivity index (χ2n) is 7.42. The standard InChI is InChI=1S/C25H18Cl2N2O4/c1-14-7-12-18(13-15(14)2)33-25(32)16-8-10-17(11-9-16)28-22-21(27)23(30)29(24(22)31)20-6-4-3-5-19(20)26/h3-13,28H,1-2H3. The van der Waals surface area contributed by atoms with Gasteiger partial charge in [-0.3, -0.25) is 9.59 Å². The Morgan fingerprint density at radius 3 is 2.24 bits per heavy atom. The van der Waals surface area contributed by atoms with Crippen molar-refractivity contribution in [2.75, 3.05) is 10.2 Å². The summed E-state index contributed by atoms with van der Waals surface area (Å²) in [6.07, 6.45) is 0. The molecule has 0 unspecified atom stereocenters. The van der Waals surface area contributed by atoms with Crippen LogP contribution in [0.1, 0.15) is 21.5 Å². The molecule has 0 spiro atoms. The SMILES string of the molecule is Cc1ccc(OC(=O)c2ccc(NC3=C(Cl)C(=O)N(c4ccccc4Cl)C3=O)cc2)cc1C. The molecule has 1 aliphatic rings. The van der Waals surface area contributed by atoms with E-state index in [-0.39, 0.29) is 21.4 Å². The van der Waals surface area contributed by atoms with Crippen molar-refractivity contribution in [3.63, 3.8) is 0 Å². The molecule has 0 aromatic heterocycles. The molecule has 3 aromatic carbocycles. The van der Waals surface area contributed by atoms with E-state index in [4.69, 9.17) is 27.9 Å². The average Bonchev–Trinajstić information content (AvgIpc) is 3.00. The van der Waals surface area contributed by atoms with Crippen LogP contribution >= 0.6 is 23.2 Å². The lowest BCUT2D eigenvalue weighted by Crippen LogP contribution is -2.32. The number of hydrogen-bond donors (Lipinski definition) is 1. The molecule has 166 valence electrons. The maximum Gasteiger partial charge on any atom is 0.343 e. The topological polar surface area (TPSA) is 75.7 Å². The third-order valence-electron chi connectivity index (χ3n) is 5.20. The van der Waals surface area contributed by atoms with Crippen molar-refractivity contribution in [3.8, 4) is 5.75 Å². The second-order valence-corrected chi connectivity index (χ2v) is 8.21. The number of aryl methyl sites for hydroxylation is 2. The first-order valence-electron chi connectivity index (χ1n) is 9.96. The van der Waals surface area contributed by atoms with Crippen LogP contribution in [0, 0.1) is 13.8 Å². The number of esters is 1. The Kier molecular flexibility index (Phi) is 6.22. The monoisotopic (exact) mass is 480 g/mol. The molecule has 0 radical (unpaired) electrons. The summed E-state index contributed by atoms with van der Waals surface area (Å²) >= 11 is 12.3. The predicted octanol–water partition coefficient (Wildman–Crippen LogP) is 5.61. The lowest BCUT2D eigenvalue weighted by molar-refractivity contribution is -0.120. The van der Waals surface area contributed by atoms with Crippen LogP contribution in [0.4, 0.5) is 11.4 Å². The molecule has 0 fully saturated rings. The first-order chi connectivity index (χ1) is 15.8. The van der Waals surface area contributed by atoms with E-state index >= 15 is 0 Å². The summed E-state index contributed by atoms with van der Waals surface area (Å²) in [5.41, 5.74) is 3.08. The number of benzene rings is 3. The molecular weight excluding hydrogens is 463 g/mol. The molecule has 3 aromatic rings. The summed E-state index contributed by atoms with van der Waals surface area (Å²) in [6, 6.07) is 18.2. The smallest absolute Gasteiger partial charge is 0.343 e. The summed E-state index contributed by atoms with van der Waals surface area (Å²) < 4.78 is 5.42. The second kappa shape index (κ2) is 9.10. The molecule has 1 heterocycles. The molecule has 0 saturated heterocycles. The van der Waals surface area contributed by atoms with Gasteiger partial charge in [0, 0.05) is 5.69 Å². The highest BCUT2D eigenvalue weighted by Gasteiger charge is 2.39. The Bertz CT molecular complexity index is 1320. The number of imide groups is 1. The number of ether oxygens (including phenoxy) is 1. The van der Waals surface area contributed by atoms with E-state index in [0.29, 0.717) is 17.0 Å². The minimum Gasteiger partial charge on any atom is -0.423 e. The lowest BCUT2D eigenvalue weighted by atomic mass is 10.1. The van der Waals surface area contributed by atoms with Gasteiger partial charge in [-0.25, -0.2) is 9.69 Å². The number of amides is 2. The van der Waals surface area contributed by atoms with Crippen molar-refractivity contribution in [1.29, 1.82) is 0 Å². The summed E-state index contributed by atoms with van der Waals surface area (Å²) in [5, 5.41) is 2.86. The van der Waals surface area contributed by atoms with Gasteiger partial charge in [-0.15, -0.1) is 0 Å². The summed E-state index contributed by atoms with van der Waals surface area (Å²) in [5.74, 6) is -1.36. The van der Waals surface area contributed by atoms with E-state index in [0.717, 1.165) is 16.0 Å². The van der Waals surface area contributed by atoms with Crippen LogP contribution in [-0.2, 0) is 9.59 Å². The highest BCUT2D eigenvalue weighted by Crippen LogP contribution is 2.34. The minimum absolute atomic E-state index is 0.0768. The maximum absolute atomic E-state index is 12.9. The molecule has 6 nitrogen and oxygen atoms in total. The number of nitrogens with one attached hydrogen (secondary N) is 1. The fourth-order valence-electron chi connectivity index (χ4n) is 3.24. The van der Waals surface area contributed by atoms with Crippen molar-refractivity contribution in [3.05, 3.63) is 99.2 Å². The molecule has 4 rings (SSSR count). The average molecular weight is 481 g/mol. The Labute approximate surface area is 200 Å². The zero-order valence-electron chi connectivity index (χ0n) is 17.7. The number of para-hydroxylation sites is 1. The van der Waals surface area contributed by atoms with Gasteiger partial charge in [0.05, 0.1) is 16.3 Å². The fraction of sp³-hybridized carbons (Fsp3) is 0.0800. The number of halogens is 2. The van der Waals surface area contributed by atoms with E-state index in [9.17, 15) is 14.4 Å². The van der Waals surface area contributed by atoms with E-state index in [1.807, 2.05) is 19.9 Å². The number of carbonyl (C=O) groups excluding carboxylic acids is 3. The van der Waals surface area contributed by atoms with E-state index in [1.54, 1.807) is 60.7 Å². The molecule has 1 N–H and O–H groups in total. The molecular formula is C25H18Cl2N2O4. The predicted molar refractivity (Wildman–Crippen MR) is 128 cm³/mol. The largest absolute Gasteiger partial charge is 0.423 e. The van der Waals surface area contributed by atoms with Crippen molar-refractivity contribution < 1.29 is 19.1 Å². The molecule has 8 heteroatoms. The first-order valence-corrected chi connectivity index (χ1v) is 10.7. The van der Waals surface area contributed by atoms with Gasteiger partial charge in [0.15, 0.2) is 0 Å². The van der Waals surface area contributed by atoms with Crippen molar-refractivity contribution >= 4 is 52.4 Å². The number of nitrogens with zero attached hydrogens (tertiary/aromatic N) is 1. The van der Waals surface area contributed by atoms with Gasteiger partial charge in [0.25, 0.3) is 11.8 Å². The quantitative estimate of drug-likeness (QED) is 0.291. The maximum atomic E-state index is 12.9. The van der Waals surface area contributed by atoms with Gasteiger partial charge in [0.2, 0.25) is 0 Å². The highest BCUT2D eigenvalue weighted by molar-refractivity contribution is 6.53. The minimum atomic E-state index is -0.675. The van der Waals surface area contributed by atoms with Crippen LogP contribution in [0.5, 0.6) is 5.75 Å². The number of hydrogen-bond acceptors (Lipinski definition) is 5. The summed E-state index contributed by atoms with van der Waals surface area (Å²) in [4.78, 5) is 38.8. The third kappa shape index (κ3) is 4.49. The van der Waals surface area contributed by atoms with E-state index in [2.05, 4.69) is 5.32 Å². The van der Waals surface area contributed by atoms with Gasteiger partial charge in [0.1, 0.15) is 16.5 Å². The zero-order chi connectivity index (χ0) is 23.7. The number of carbonyl (C=O) groups is 3. The van der Waals surface area contributed by atoms with Crippen LogP contribution in [0.25, 0.3) is 0 Å². The Hall–Kier alpha value is -3.61. The van der Waals surface area contributed by atoms with Gasteiger partial charge < -0.3 is 10.1 Å². The summed E-state index contributed by atoms with van der Waals surface area (Å²) in [6.45, 7) is 3.92. The summed E-state index contributed by atoms with van der Waals surface area (Å²) in [7, 11) is 0. The van der Waals surface area contributed by atoms with Crippen LogP contribution in [0.3, 0.4) is 0 Å². The van der Waals surface area contributed by atoms with Crippen molar-refractivity contribution in [1.82, 2.24) is 0 Å². The van der Waals surface area contributed by atoms with Gasteiger partial charge in [-0.1, -0.05) is 41.4 Å². The van der Waals surface area contributed by atoms with Crippen LogP contribution in [0.2, 0.25) is 5.02 Å². The molecule has 0 saturated carbocycles. The normalized spacial score (nSPS) is 13.5. The Balaban J connectivity index is 1.49. The molecule has 2 amide bonds.